The van der Waals surface area contributed by atoms with Crippen molar-refractivity contribution in [2.24, 2.45) is 0 Å². The summed E-state index contributed by atoms with van der Waals surface area (Å²) in [6, 6.07) is 5.88. The number of nitrogen functional groups attached to an aromatic ring is 1. The standard InChI is InChI=1S/C14H13ClN4S/c1-9(13-2-3-14(15)20-13)19-8-18-7-12(19)10-6-17-5-4-11(10)16/h2-9H,1H3,(H2,16,17). The van der Waals surface area contributed by atoms with Gasteiger partial charge in [0.1, 0.15) is 0 Å². The van der Waals surface area contributed by atoms with Crippen LogP contribution in [0.4, 0.5) is 5.69 Å². The van der Waals surface area contributed by atoms with E-state index in [1.165, 1.54) is 4.88 Å². The van der Waals surface area contributed by atoms with E-state index in [0.717, 1.165) is 15.6 Å². The Kier molecular flexibility index (Phi) is 3.46. The van der Waals surface area contributed by atoms with Crippen LogP contribution in [0.15, 0.2) is 43.1 Å². The van der Waals surface area contributed by atoms with E-state index < -0.39 is 0 Å². The highest BCUT2D eigenvalue weighted by Crippen LogP contribution is 2.33. The molecule has 0 bridgehead atoms. The molecule has 0 aliphatic carbocycles. The Morgan fingerprint density at radius 1 is 1.25 bits per heavy atom. The molecule has 1 unspecified atom stereocenters. The van der Waals surface area contributed by atoms with Gasteiger partial charge in [0.25, 0.3) is 0 Å². The molecule has 3 aromatic heterocycles. The zero-order valence-corrected chi connectivity index (χ0v) is 12.4. The third-order valence-corrected chi connectivity index (χ3v) is 4.62. The van der Waals surface area contributed by atoms with Gasteiger partial charge in [-0.3, -0.25) is 4.98 Å². The van der Waals surface area contributed by atoms with Crippen LogP contribution in [-0.4, -0.2) is 14.5 Å². The molecule has 4 nitrogen and oxygen atoms in total. The molecule has 0 saturated heterocycles. The number of aromatic nitrogens is 3. The summed E-state index contributed by atoms with van der Waals surface area (Å²) in [5, 5.41) is 0. The third kappa shape index (κ3) is 2.30. The van der Waals surface area contributed by atoms with Gasteiger partial charge in [-0.15, -0.1) is 11.3 Å². The van der Waals surface area contributed by atoms with Crippen LogP contribution in [0.2, 0.25) is 4.34 Å². The molecule has 0 aliphatic rings. The first kappa shape index (κ1) is 13.1. The Morgan fingerprint density at radius 3 is 2.80 bits per heavy atom. The summed E-state index contributed by atoms with van der Waals surface area (Å²) in [7, 11) is 0. The van der Waals surface area contributed by atoms with Crippen molar-refractivity contribution in [2.75, 3.05) is 5.73 Å². The van der Waals surface area contributed by atoms with E-state index in [1.54, 1.807) is 42.3 Å². The van der Waals surface area contributed by atoms with Crippen LogP contribution in [-0.2, 0) is 0 Å². The first-order valence-electron chi connectivity index (χ1n) is 6.13. The van der Waals surface area contributed by atoms with Crippen molar-refractivity contribution in [3.05, 3.63) is 52.3 Å². The fourth-order valence-corrected chi connectivity index (χ4v) is 3.24. The van der Waals surface area contributed by atoms with Gasteiger partial charge in [0.15, 0.2) is 0 Å². The number of imidazole rings is 1. The maximum atomic E-state index is 6.02. The highest BCUT2D eigenvalue weighted by molar-refractivity contribution is 7.16. The summed E-state index contributed by atoms with van der Waals surface area (Å²) >= 11 is 7.58. The summed E-state index contributed by atoms with van der Waals surface area (Å²) in [5.74, 6) is 0. The highest BCUT2D eigenvalue weighted by Gasteiger charge is 2.16. The molecule has 0 fully saturated rings. The van der Waals surface area contributed by atoms with E-state index in [4.69, 9.17) is 17.3 Å². The molecule has 6 heteroatoms. The van der Waals surface area contributed by atoms with E-state index in [-0.39, 0.29) is 6.04 Å². The third-order valence-electron chi connectivity index (χ3n) is 3.22. The van der Waals surface area contributed by atoms with Crippen molar-refractivity contribution in [3.8, 4) is 11.3 Å². The van der Waals surface area contributed by atoms with Crippen molar-refractivity contribution in [2.45, 2.75) is 13.0 Å². The minimum absolute atomic E-state index is 0.143. The molecule has 3 aromatic rings. The molecule has 0 saturated carbocycles. The lowest BCUT2D eigenvalue weighted by atomic mass is 10.1. The van der Waals surface area contributed by atoms with Crippen molar-refractivity contribution >= 4 is 28.6 Å². The normalized spacial score (nSPS) is 12.5. The van der Waals surface area contributed by atoms with E-state index >= 15 is 0 Å². The summed E-state index contributed by atoms with van der Waals surface area (Å²) in [6.07, 6.45) is 7.05. The van der Waals surface area contributed by atoms with Gasteiger partial charge in [0.2, 0.25) is 0 Å². The molecule has 1 atom stereocenters. The minimum Gasteiger partial charge on any atom is -0.398 e. The average Bonchev–Trinajstić information content (AvgIpc) is 3.07. The quantitative estimate of drug-likeness (QED) is 0.799. The SMILES string of the molecule is CC(c1ccc(Cl)s1)n1cncc1-c1cnccc1N. The zero-order valence-electron chi connectivity index (χ0n) is 10.8. The number of hydrogen-bond acceptors (Lipinski definition) is 4. The van der Waals surface area contributed by atoms with Gasteiger partial charge in [0.05, 0.1) is 28.6 Å². The average molecular weight is 305 g/mol. The smallest absolute Gasteiger partial charge is 0.0956 e. The maximum Gasteiger partial charge on any atom is 0.0956 e. The number of pyridine rings is 1. The molecule has 0 spiro atoms. The number of hydrogen-bond donors (Lipinski definition) is 1. The second kappa shape index (κ2) is 5.26. The first-order valence-corrected chi connectivity index (χ1v) is 7.33. The lowest BCUT2D eigenvalue weighted by molar-refractivity contribution is 0.656. The second-order valence-corrected chi connectivity index (χ2v) is 6.21. The lowest BCUT2D eigenvalue weighted by Gasteiger charge is -2.16. The summed E-state index contributed by atoms with van der Waals surface area (Å²) < 4.78 is 2.87. The van der Waals surface area contributed by atoms with Crippen molar-refractivity contribution in [1.82, 2.24) is 14.5 Å². The molecular weight excluding hydrogens is 292 g/mol. The molecule has 3 heterocycles. The van der Waals surface area contributed by atoms with Crippen molar-refractivity contribution < 1.29 is 0 Å². The number of rotatable bonds is 3. The van der Waals surface area contributed by atoms with Gasteiger partial charge in [-0.2, -0.15) is 0 Å². The molecule has 20 heavy (non-hydrogen) atoms. The minimum atomic E-state index is 0.143. The van der Waals surface area contributed by atoms with Crippen LogP contribution in [0.1, 0.15) is 17.8 Å². The summed E-state index contributed by atoms with van der Waals surface area (Å²) in [5.41, 5.74) is 8.56. The van der Waals surface area contributed by atoms with Crippen molar-refractivity contribution in [3.63, 3.8) is 0 Å². The Bertz CT molecular complexity index is 734. The van der Waals surface area contributed by atoms with Crippen LogP contribution in [0, 0.1) is 0 Å². The Labute approximate surface area is 125 Å². The molecule has 0 radical (unpaired) electrons. The summed E-state index contributed by atoms with van der Waals surface area (Å²) in [6.45, 7) is 2.11. The number of thiophene rings is 1. The van der Waals surface area contributed by atoms with E-state index in [9.17, 15) is 0 Å². The zero-order chi connectivity index (χ0) is 14.1. The fourth-order valence-electron chi connectivity index (χ4n) is 2.13. The van der Waals surface area contributed by atoms with Gasteiger partial charge >= 0.3 is 0 Å². The Hall–Kier alpha value is -1.85. The number of nitrogens with two attached hydrogens (primary N) is 1. The molecular formula is C14H13ClN4S. The number of halogens is 1. The van der Waals surface area contributed by atoms with Crippen LogP contribution >= 0.6 is 22.9 Å². The molecule has 3 rings (SSSR count). The number of anilines is 1. The second-order valence-electron chi connectivity index (χ2n) is 4.47. The van der Waals surface area contributed by atoms with Crippen molar-refractivity contribution in [1.29, 1.82) is 0 Å². The van der Waals surface area contributed by atoms with Gasteiger partial charge in [-0.25, -0.2) is 4.98 Å². The van der Waals surface area contributed by atoms with Gasteiger partial charge in [0, 0.05) is 28.5 Å². The van der Waals surface area contributed by atoms with E-state index in [2.05, 4.69) is 21.5 Å². The van der Waals surface area contributed by atoms with Gasteiger partial charge < -0.3 is 10.3 Å². The molecule has 102 valence electrons. The molecule has 0 aliphatic heterocycles. The predicted octanol–water partition coefficient (Wildman–Crippen LogP) is 3.85. The van der Waals surface area contributed by atoms with Gasteiger partial charge in [-0.1, -0.05) is 11.6 Å². The van der Waals surface area contributed by atoms with E-state index in [1.807, 2.05) is 12.1 Å². The van der Waals surface area contributed by atoms with Crippen LogP contribution in [0.25, 0.3) is 11.3 Å². The summed E-state index contributed by atoms with van der Waals surface area (Å²) in [4.78, 5) is 9.56. The maximum absolute atomic E-state index is 6.02. The van der Waals surface area contributed by atoms with Crippen LogP contribution in [0.3, 0.4) is 0 Å². The predicted molar refractivity (Wildman–Crippen MR) is 83.0 cm³/mol. The first-order chi connectivity index (χ1) is 9.66. The Balaban J connectivity index is 2.05. The topological polar surface area (TPSA) is 56.7 Å². The molecule has 0 aromatic carbocycles. The monoisotopic (exact) mass is 304 g/mol. The largest absolute Gasteiger partial charge is 0.398 e. The van der Waals surface area contributed by atoms with E-state index in [0.29, 0.717) is 5.69 Å². The van der Waals surface area contributed by atoms with Crippen LogP contribution in [0.5, 0.6) is 0 Å². The van der Waals surface area contributed by atoms with Gasteiger partial charge in [-0.05, 0) is 25.1 Å². The lowest BCUT2D eigenvalue weighted by Crippen LogP contribution is -2.06. The Morgan fingerprint density at radius 2 is 2.10 bits per heavy atom. The number of nitrogens with zero attached hydrogens (tertiary/aromatic N) is 3. The highest BCUT2D eigenvalue weighted by atomic mass is 35.5. The molecule has 0 amide bonds. The molecule has 2 N–H and O–H groups in total. The van der Waals surface area contributed by atoms with Crippen LogP contribution < -0.4 is 5.73 Å². The fraction of sp³-hybridized carbons (Fsp3) is 0.143.